The van der Waals surface area contributed by atoms with Gasteiger partial charge in [-0.3, -0.25) is 4.57 Å². The maximum Gasteiger partial charge on any atom is 0.238 e. The van der Waals surface area contributed by atoms with E-state index in [0.29, 0.717) is 17.6 Å². The maximum absolute atomic E-state index is 5.30. The first kappa shape index (κ1) is 31.9. The van der Waals surface area contributed by atoms with Crippen molar-refractivity contribution in [2.45, 2.75) is 0 Å². The third kappa shape index (κ3) is 5.29. The van der Waals surface area contributed by atoms with Crippen LogP contribution in [-0.4, -0.2) is 24.1 Å². The number of rotatable bonds is 6. The lowest BCUT2D eigenvalue weighted by Crippen LogP contribution is -2.06. The molecule has 11 rings (SSSR count). The van der Waals surface area contributed by atoms with Crippen LogP contribution in [0.3, 0.4) is 0 Å². The number of para-hydroxylation sites is 3. The molecule has 0 unspecified atom stereocenters. The van der Waals surface area contributed by atoms with Crippen molar-refractivity contribution in [1.82, 2.24) is 24.1 Å². The molecule has 262 valence electrons. The van der Waals surface area contributed by atoms with Gasteiger partial charge >= 0.3 is 0 Å². The molecule has 0 spiro atoms. The van der Waals surface area contributed by atoms with Gasteiger partial charge in [0, 0.05) is 38.4 Å². The Morgan fingerprint density at radius 3 is 1.32 bits per heavy atom. The zero-order valence-electron chi connectivity index (χ0n) is 30.3. The van der Waals surface area contributed by atoms with Gasteiger partial charge in [-0.15, -0.1) is 0 Å². The normalized spacial score (nSPS) is 11.6. The molecule has 0 atom stereocenters. The van der Waals surface area contributed by atoms with Gasteiger partial charge in [-0.1, -0.05) is 146 Å². The van der Waals surface area contributed by atoms with Crippen LogP contribution >= 0.6 is 0 Å². The minimum absolute atomic E-state index is 0.572. The Morgan fingerprint density at radius 2 is 0.679 bits per heavy atom. The molecule has 0 saturated carbocycles. The van der Waals surface area contributed by atoms with Gasteiger partial charge in [0.1, 0.15) is 0 Å². The topological polar surface area (TPSA) is 48.5 Å². The van der Waals surface area contributed by atoms with Crippen LogP contribution in [0.2, 0.25) is 0 Å². The number of hydrogen-bond donors (Lipinski definition) is 0. The Kier molecular flexibility index (Phi) is 7.42. The summed E-state index contributed by atoms with van der Waals surface area (Å²) >= 11 is 0. The summed E-state index contributed by atoms with van der Waals surface area (Å²) in [6, 6.07) is 70.3. The first-order valence-electron chi connectivity index (χ1n) is 18.9. The molecule has 8 aromatic carbocycles. The fourth-order valence-corrected chi connectivity index (χ4v) is 8.13. The third-order valence-corrected chi connectivity index (χ3v) is 10.8. The summed E-state index contributed by atoms with van der Waals surface area (Å²) in [7, 11) is 0. The summed E-state index contributed by atoms with van der Waals surface area (Å²) in [5, 5.41) is 4.61. The van der Waals surface area contributed by atoms with Gasteiger partial charge in [-0.25, -0.2) is 4.98 Å². The molecule has 11 aromatic rings. The molecule has 0 fully saturated rings. The van der Waals surface area contributed by atoms with Gasteiger partial charge in [0.25, 0.3) is 0 Å². The molecule has 0 saturated heterocycles. The minimum atomic E-state index is 0.572. The molecular weight excluding hydrogens is 683 g/mol. The first-order chi connectivity index (χ1) is 27.8. The number of hydrogen-bond acceptors (Lipinski definition) is 3. The van der Waals surface area contributed by atoms with Crippen molar-refractivity contribution in [3.63, 3.8) is 0 Å². The lowest BCUT2D eigenvalue weighted by molar-refractivity contribution is 0.953. The second kappa shape index (κ2) is 13.0. The number of fused-ring (bicyclic) bond motifs is 6. The van der Waals surface area contributed by atoms with Crippen molar-refractivity contribution in [3.05, 3.63) is 200 Å². The van der Waals surface area contributed by atoms with Crippen LogP contribution in [0, 0.1) is 0 Å². The number of aromatic nitrogens is 5. The molecule has 0 aliphatic heterocycles. The summed E-state index contributed by atoms with van der Waals surface area (Å²) in [6.45, 7) is 0. The summed E-state index contributed by atoms with van der Waals surface area (Å²) in [4.78, 5) is 15.8. The van der Waals surface area contributed by atoms with Crippen LogP contribution in [0.25, 0.3) is 100 Å². The van der Waals surface area contributed by atoms with E-state index in [4.69, 9.17) is 15.0 Å². The van der Waals surface area contributed by atoms with Crippen molar-refractivity contribution in [1.29, 1.82) is 0 Å². The van der Waals surface area contributed by atoms with E-state index in [0.717, 1.165) is 60.6 Å². The Balaban J connectivity index is 1.14. The highest BCUT2D eigenvalue weighted by Gasteiger charge is 2.20. The Morgan fingerprint density at radius 1 is 0.268 bits per heavy atom. The fourth-order valence-electron chi connectivity index (χ4n) is 8.13. The van der Waals surface area contributed by atoms with Crippen molar-refractivity contribution in [3.8, 4) is 56.7 Å². The molecular formula is C51H33N5. The van der Waals surface area contributed by atoms with Gasteiger partial charge in [0.2, 0.25) is 5.95 Å². The summed E-state index contributed by atoms with van der Waals surface area (Å²) < 4.78 is 4.51. The summed E-state index contributed by atoms with van der Waals surface area (Å²) in [5.41, 5.74) is 12.0. The largest absolute Gasteiger partial charge is 0.309 e. The highest BCUT2D eigenvalue weighted by atomic mass is 15.2. The smallest absolute Gasteiger partial charge is 0.238 e. The summed E-state index contributed by atoms with van der Waals surface area (Å²) in [5.74, 6) is 1.80. The van der Waals surface area contributed by atoms with E-state index in [2.05, 4.69) is 203 Å². The van der Waals surface area contributed by atoms with E-state index in [1.54, 1.807) is 0 Å². The second-order valence-corrected chi connectivity index (χ2v) is 14.1. The Hall–Kier alpha value is -7.63. The van der Waals surface area contributed by atoms with Crippen LogP contribution in [0.4, 0.5) is 0 Å². The van der Waals surface area contributed by atoms with Crippen molar-refractivity contribution in [2.24, 2.45) is 0 Å². The van der Waals surface area contributed by atoms with E-state index in [-0.39, 0.29) is 0 Å². The average Bonchev–Trinajstić information content (AvgIpc) is 3.79. The fraction of sp³-hybridized carbons (Fsp3) is 0. The highest BCUT2D eigenvalue weighted by molar-refractivity contribution is 6.11. The van der Waals surface area contributed by atoms with E-state index >= 15 is 0 Å². The van der Waals surface area contributed by atoms with E-state index in [1.807, 2.05) is 6.07 Å². The van der Waals surface area contributed by atoms with Crippen LogP contribution in [0.15, 0.2) is 200 Å². The average molecular weight is 716 g/mol. The Labute approximate surface area is 323 Å². The molecule has 3 aromatic heterocycles. The lowest BCUT2D eigenvalue weighted by Gasteiger charge is -2.12. The van der Waals surface area contributed by atoms with Gasteiger partial charge in [-0.05, 0) is 76.9 Å². The molecule has 0 N–H and O–H groups in total. The molecule has 3 heterocycles. The van der Waals surface area contributed by atoms with Gasteiger partial charge in [0.15, 0.2) is 11.6 Å². The maximum atomic E-state index is 5.30. The van der Waals surface area contributed by atoms with Crippen LogP contribution < -0.4 is 0 Å². The highest BCUT2D eigenvalue weighted by Crippen LogP contribution is 2.37. The standard InChI is InChI=1S/C51H33N5/c1-4-14-34(15-5-1)36-24-26-37(27-25-36)49-52-50(39-29-31-47-44(33-39)41-20-10-12-22-45(41)55(47)40-18-8-3-9-19-40)54-51(53-49)56-46-23-13-11-21-42(46)43-32-38(28-30-48(43)56)35-16-6-2-7-17-35/h1-33H. The van der Waals surface area contributed by atoms with Gasteiger partial charge < -0.3 is 4.57 Å². The van der Waals surface area contributed by atoms with Crippen molar-refractivity contribution in [2.75, 3.05) is 0 Å². The van der Waals surface area contributed by atoms with Crippen molar-refractivity contribution >= 4 is 43.6 Å². The molecule has 0 amide bonds. The Bertz CT molecular complexity index is 3220. The lowest BCUT2D eigenvalue weighted by atomic mass is 10.0. The summed E-state index contributed by atoms with van der Waals surface area (Å²) in [6.07, 6.45) is 0. The van der Waals surface area contributed by atoms with Crippen LogP contribution in [0.1, 0.15) is 0 Å². The zero-order chi connectivity index (χ0) is 37.0. The quantitative estimate of drug-likeness (QED) is 0.172. The predicted octanol–water partition coefficient (Wildman–Crippen LogP) is 12.7. The van der Waals surface area contributed by atoms with E-state index in [9.17, 15) is 0 Å². The van der Waals surface area contributed by atoms with Crippen LogP contribution in [0.5, 0.6) is 0 Å². The van der Waals surface area contributed by atoms with Crippen LogP contribution in [-0.2, 0) is 0 Å². The molecule has 0 radical (unpaired) electrons. The number of benzene rings is 8. The molecule has 5 nitrogen and oxygen atoms in total. The van der Waals surface area contributed by atoms with Gasteiger partial charge in [0.05, 0.1) is 22.1 Å². The molecule has 0 aliphatic carbocycles. The monoisotopic (exact) mass is 715 g/mol. The number of nitrogens with zero attached hydrogens (tertiary/aromatic N) is 5. The van der Waals surface area contributed by atoms with Crippen molar-refractivity contribution < 1.29 is 0 Å². The zero-order valence-corrected chi connectivity index (χ0v) is 30.3. The van der Waals surface area contributed by atoms with Gasteiger partial charge in [-0.2, -0.15) is 9.97 Å². The van der Waals surface area contributed by atoms with E-state index in [1.165, 1.54) is 22.1 Å². The molecule has 0 aliphatic rings. The third-order valence-electron chi connectivity index (χ3n) is 10.8. The molecule has 5 heteroatoms. The minimum Gasteiger partial charge on any atom is -0.309 e. The molecule has 56 heavy (non-hydrogen) atoms. The first-order valence-corrected chi connectivity index (χ1v) is 18.9. The SMILES string of the molecule is c1ccc(-c2ccc(-c3nc(-c4ccc5c(c4)c4ccccc4n5-c4ccccc4)nc(-n4c5ccccc5c5cc(-c6ccccc6)ccc54)n3)cc2)cc1. The molecule has 0 bridgehead atoms. The second-order valence-electron chi connectivity index (χ2n) is 14.1. The predicted molar refractivity (Wildman–Crippen MR) is 230 cm³/mol. The van der Waals surface area contributed by atoms with E-state index < -0.39 is 0 Å².